The maximum atomic E-state index is 12.7. The molecule has 2 aromatic heterocycles. The molecule has 3 rings (SSSR count). The lowest BCUT2D eigenvalue weighted by Gasteiger charge is -2.35. The number of methoxy groups -OCH3 is 1. The zero-order valence-corrected chi connectivity index (χ0v) is 18.3. The van der Waals surface area contributed by atoms with Crippen LogP contribution in [0.25, 0.3) is 0 Å². The summed E-state index contributed by atoms with van der Waals surface area (Å²) in [7, 11) is 1.27. The van der Waals surface area contributed by atoms with Crippen LogP contribution in [0, 0.1) is 0 Å². The monoisotopic (exact) mass is 432 g/mol. The summed E-state index contributed by atoms with van der Waals surface area (Å²) in [5.41, 5.74) is 7.64. The number of thiazole rings is 1. The Labute approximate surface area is 180 Å². The molecule has 1 saturated heterocycles. The molecule has 1 atom stereocenters. The van der Waals surface area contributed by atoms with Gasteiger partial charge in [-0.3, -0.25) is 14.6 Å². The summed E-state index contributed by atoms with van der Waals surface area (Å²) >= 11 is 1.38. The number of nitrogens with zero attached hydrogens (tertiary/aromatic N) is 4. The van der Waals surface area contributed by atoms with Crippen molar-refractivity contribution in [2.75, 3.05) is 49.6 Å². The molecule has 162 valence electrons. The van der Waals surface area contributed by atoms with Gasteiger partial charge in [0.2, 0.25) is 0 Å². The highest BCUT2D eigenvalue weighted by Crippen LogP contribution is 2.31. The second-order valence-electron chi connectivity index (χ2n) is 7.38. The van der Waals surface area contributed by atoms with Gasteiger partial charge in [0, 0.05) is 50.8 Å². The molecule has 1 amide bonds. The number of esters is 1. The lowest BCUT2D eigenvalue weighted by molar-refractivity contribution is -0.141. The molecule has 3 heterocycles. The lowest BCUT2D eigenvalue weighted by atomic mass is 10.1. The molecule has 1 fully saturated rings. The number of nitrogens with one attached hydrogen (secondary N) is 1. The SMILES string of the molecule is COC(=O)[C@@H](N)CNC(=O)c1sc(N2CCN(c3ccncc3)CC2)nc1C(C)C. The van der Waals surface area contributed by atoms with Crippen molar-refractivity contribution in [3.63, 3.8) is 0 Å². The molecule has 1 aliphatic rings. The molecule has 3 N–H and O–H groups in total. The fourth-order valence-electron chi connectivity index (χ4n) is 3.24. The molecule has 0 aliphatic carbocycles. The molecule has 0 spiro atoms. The van der Waals surface area contributed by atoms with Crippen molar-refractivity contribution in [2.45, 2.75) is 25.8 Å². The Morgan fingerprint density at radius 2 is 1.83 bits per heavy atom. The van der Waals surface area contributed by atoms with E-state index in [2.05, 4.69) is 24.8 Å². The third-order valence-corrected chi connectivity index (χ3v) is 6.09. The summed E-state index contributed by atoms with van der Waals surface area (Å²) in [6, 6.07) is 3.13. The van der Waals surface area contributed by atoms with Gasteiger partial charge in [-0.1, -0.05) is 25.2 Å². The Hall–Kier alpha value is -2.72. The topological polar surface area (TPSA) is 114 Å². The minimum Gasteiger partial charge on any atom is -0.468 e. The van der Waals surface area contributed by atoms with Gasteiger partial charge in [0.05, 0.1) is 12.8 Å². The van der Waals surface area contributed by atoms with Gasteiger partial charge < -0.3 is 25.6 Å². The number of amides is 1. The quantitative estimate of drug-likeness (QED) is 0.628. The van der Waals surface area contributed by atoms with E-state index in [4.69, 9.17) is 10.7 Å². The summed E-state index contributed by atoms with van der Waals surface area (Å²) in [5, 5.41) is 3.57. The zero-order chi connectivity index (χ0) is 21.7. The smallest absolute Gasteiger partial charge is 0.324 e. The van der Waals surface area contributed by atoms with Gasteiger partial charge >= 0.3 is 5.97 Å². The van der Waals surface area contributed by atoms with E-state index in [0.717, 1.165) is 42.7 Å². The van der Waals surface area contributed by atoms with Gasteiger partial charge in [-0.2, -0.15) is 0 Å². The van der Waals surface area contributed by atoms with Gasteiger partial charge in [0.15, 0.2) is 5.13 Å². The van der Waals surface area contributed by atoms with Crippen molar-refractivity contribution in [3.05, 3.63) is 35.1 Å². The van der Waals surface area contributed by atoms with E-state index in [9.17, 15) is 9.59 Å². The van der Waals surface area contributed by atoms with Crippen molar-refractivity contribution >= 4 is 34.0 Å². The summed E-state index contributed by atoms with van der Waals surface area (Å²) < 4.78 is 4.60. The Morgan fingerprint density at radius 1 is 1.20 bits per heavy atom. The highest BCUT2D eigenvalue weighted by Gasteiger charge is 2.26. The highest BCUT2D eigenvalue weighted by molar-refractivity contribution is 7.17. The number of ether oxygens (including phenoxy) is 1. The summed E-state index contributed by atoms with van der Waals surface area (Å²) in [6.07, 6.45) is 3.60. The largest absolute Gasteiger partial charge is 0.468 e. The minimum atomic E-state index is -0.893. The number of anilines is 2. The fraction of sp³-hybridized carbons (Fsp3) is 0.500. The van der Waals surface area contributed by atoms with E-state index in [1.165, 1.54) is 18.4 Å². The van der Waals surface area contributed by atoms with Gasteiger partial charge in [0.1, 0.15) is 10.9 Å². The molecule has 9 nitrogen and oxygen atoms in total. The normalized spacial score (nSPS) is 15.2. The van der Waals surface area contributed by atoms with Crippen LogP contribution in [0.1, 0.15) is 35.1 Å². The maximum absolute atomic E-state index is 12.7. The molecular formula is C20H28N6O3S. The number of hydrogen-bond donors (Lipinski definition) is 2. The average Bonchev–Trinajstić information content (AvgIpc) is 3.23. The van der Waals surface area contributed by atoms with Gasteiger partial charge in [-0.15, -0.1) is 0 Å². The first kappa shape index (κ1) is 22.0. The van der Waals surface area contributed by atoms with Gasteiger partial charge in [-0.25, -0.2) is 4.98 Å². The van der Waals surface area contributed by atoms with E-state index in [1.54, 1.807) is 12.4 Å². The van der Waals surface area contributed by atoms with E-state index in [1.807, 2.05) is 26.0 Å². The lowest BCUT2D eigenvalue weighted by Crippen LogP contribution is -2.46. The van der Waals surface area contributed by atoms with Crippen molar-refractivity contribution in [2.24, 2.45) is 5.73 Å². The Kier molecular flexibility index (Phi) is 7.22. The van der Waals surface area contributed by atoms with Crippen LogP contribution < -0.4 is 20.9 Å². The molecule has 0 saturated carbocycles. The van der Waals surface area contributed by atoms with Crippen LogP contribution in [0.15, 0.2) is 24.5 Å². The molecule has 1 aliphatic heterocycles. The number of carbonyl (C=O) groups excluding carboxylic acids is 2. The van der Waals surface area contributed by atoms with E-state index in [-0.39, 0.29) is 18.4 Å². The van der Waals surface area contributed by atoms with Crippen molar-refractivity contribution in [3.8, 4) is 0 Å². The second-order valence-corrected chi connectivity index (χ2v) is 8.36. The Morgan fingerprint density at radius 3 is 2.43 bits per heavy atom. The molecule has 30 heavy (non-hydrogen) atoms. The average molecular weight is 433 g/mol. The van der Waals surface area contributed by atoms with Crippen molar-refractivity contribution in [1.29, 1.82) is 0 Å². The minimum absolute atomic E-state index is 0.0148. The first-order valence-corrected chi connectivity index (χ1v) is 10.7. The predicted octanol–water partition coefficient (Wildman–Crippen LogP) is 1.22. The van der Waals surface area contributed by atoms with Crippen molar-refractivity contribution in [1.82, 2.24) is 15.3 Å². The molecule has 0 radical (unpaired) electrons. The summed E-state index contributed by atoms with van der Waals surface area (Å²) in [6.45, 7) is 7.42. The first-order chi connectivity index (χ1) is 14.4. The number of nitrogens with two attached hydrogens (primary N) is 1. The molecule has 10 heteroatoms. The summed E-state index contributed by atoms with van der Waals surface area (Å²) in [4.78, 5) is 38.1. The van der Waals surface area contributed by atoms with Crippen LogP contribution in [-0.4, -0.2) is 67.7 Å². The number of piperazine rings is 1. The number of pyridine rings is 1. The Balaban J connectivity index is 1.67. The Bertz CT molecular complexity index is 865. The van der Waals surface area contributed by atoms with E-state index < -0.39 is 12.0 Å². The van der Waals surface area contributed by atoms with Crippen molar-refractivity contribution < 1.29 is 14.3 Å². The van der Waals surface area contributed by atoms with Crippen LogP contribution in [-0.2, 0) is 9.53 Å². The van der Waals surface area contributed by atoms with Crippen LogP contribution in [0.2, 0.25) is 0 Å². The molecular weight excluding hydrogens is 404 g/mol. The first-order valence-electron chi connectivity index (χ1n) is 9.93. The van der Waals surface area contributed by atoms with Gasteiger partial charge in [-0.05, 0) is 18.1 Å². The number of hydrogen-bond acceptors (Lipinski definition) is 9. The number of rotatable bonds is 7. The zero-order valence-electron chi connectivity index (χ0n) is 17.5. The van der Waals surface area contributed by atoms with Crippen LogP contribution in [0.4, 0.5) is 10.8 Å². The van der Waals surface area contributed by atoms with Crippen LogP contribution >= 0.6 is 11.3 Å². The number of carbonyl (C=O) groups is 2. The van der Waals surface area contributed by atoms with Crippen LogP contribution in [0.5, 0.6) is 0 Å². The fourth-order valence-corrected chi connectivity index (χ4v) is 4.43. The summed E-state index contributed by atoms with van der Waals surface area (Å²) in [5.74, 6) is -0.725. The third kappa shape index (κ3) is 5.06. The maximum Gasteiger partial charge on any atom is 0.324 e. The van der Waals surface area contributed by atoms with Crippen LogP contribution in [0.3, 0.4) is 0 Å². The standard InChI is InChI=1S/C20H28N6O3S/c1-13(2)16-17(18(27)23-12-15(21)19(28)29-3)30-20(24-16)26-10-8-25(9-11-26)14-4-6-22-7-5-14/h4-7,13,15H,8-12,21H2,1-3H3,(H,23,27)/t15-/m0/s1. The second kappa shape index (κ2) is 9.86. The predicted molar refractivity (Wildman–Crippen MR) is 117 cm³/mol. The van der Waals surface area contributed by atoms with E-state index in [0.29, 0.717) is 4.88 Å². The highest BCUT2D eigenvalue weighted by atomic mass is 32.1. The molecule has 2 aromatic rings. The van der Waals surface area contributed by atoms with E-state index >= 15 is 0 Å². The molecule has 0 unspecified atom stereocenters. The van der Waals surface area contributed by atoms with Gasteiger partial charge in [0.25, 0.3) is 5.91 Å². The molecule has 0 bridgehead atoms. The molecule has 0 aromatic carbocycles. The number of aromatic nitrogens is 2. The third-order valence-electron chi connectivity index (χ3n) is 4.96.